The molecule has 0 amide bonds. The molecule has 10 aromatic rings. The van der Waals surface area contributed by atoms with Gasteiger partial charge in [0, 0.05) is 10.8 Å². The van der Waals surface area contributed by atoms with Gasteiger partial charge < -0.3 is 8.83 Å². The lowest BCUT2D eigenvalue weighted by atomic mass is 9.87. The van der Waals surface area contributed by atoms with E-state index in [0.717, 1.165) is 60.8 Å². The van der Waals surface area contributed by atoms with Crippen molar-refractivity contribution in [3.63, 3.8) is 0 Å². The van der Waals surface area contributed by atoms with Crippen molar-refractivity contribution in [1.29, 1.82) is 0 Å². The third kappa shape index (κ3) is 4.99. The van der Waals surface area contributed by atoms with Crippen LogP contribution in [0, 0.1) is 0 Å². The molecule has 0 bridgehead atoms. The summed E-state index contributed by atoms with van der Waals surface area (Å²) in [5, 5.41) is 2.88. The Bertz CT molecular complexity index is 2970. The van der Waals surface area contributed by atoms with Crippen LogP contribution in [0.15, 0.2) is 148 Å². The second-order valence-corrected chi connectivity index (χ2v) is 14.6. The molecule has 256 valence electrons. The molecule has 53 heavy (non-hydrogen) atoms. The first kappa shape index (κ1) is 31.3. The van der Waals surface area contributed by atoms with Crippen LogP contribution in [-0.4, -0.2) is 14.5 Å². The molecule has 0 aliphatic carbocycles. The van der Waals surface area contributed by atoms with Gasteiger partial charge in [0.2, 0.25) is 5.71 Å². The standard InChI is InChI=1S/C48H37N3O2/c1-28(2)37-25-33(32-23-21-31(22-24-32)30-13-6-5-7-14-30)26-38(29(3)4)45(37)51-41-19-10-9-18-40(41)49-47(51)36-17-12-16-34-39-27-43-44(50-48(39)53-46(34)36)35-15-8-11-20-42(35)52-43/h5-29H,1-4H3. The van der Waals surface area contributed by atoms with Crippen LogP contribution >= 0.6 is 0 Å². The van der Waals surface area contributed by atoms with Gasteiger partial charge in [-0.1, -0.05) is 119 Å². The molecule has 0 fully saturated rings. The quantitative estimate of drug-likeness (QED) is 0.175. The van der Waals surface area contributed by atoms with Crippen molar-refractivity contribution in [3.8, 4) is 39.3 Å². The fourth-order valence-corrected chi connectivity index (χ4v) is 7.93. The summed E-state index contributed by atoms with van der Waals surface area (Å²) >= 11 is 0. The van der Waals surface area contributed by atoms with Crippen LogP contribution in [0.2, 0.25) is 0 Å². The maximum Gasteiger partial charge on any atom is 0.228 e. The molecule has 0 saturated heterocycles. The summed E-state index contributed by atoms with van der Waals surface area (Å²) in [6.07, 6.45) is 0. The molecule has 4 heterocycles. The van der Waals surface area contributed by atoms with Crippen molar-refractivity contribution in [2.45, 2.75) is 39.5 Å². The number of rotatable bonds is 6. The van der Waals surface area contributed by atoms with E-state index in [-0.39, 0.29) is 11.8 Å². The lowest BCUT2D eigenvalue weighted by Gasteiger charge is -2.24. The Kier molecular flexibility index (Phi) is 7.12. The van der Waals surface area contributed by atoms with Crippen molar-refractivity contribution < 1.29 is 8.83 Å². The molecule has 4 aromatic heterocycles. The van der Waals surface area contributed by atoms with Crippen molar-refractivity contribution in [2.75, 3.05) is 0 Å². The number of hydrogen-bond acceptors (Lipinski definition) is 4. The van der Waals surface area contributed by atoms with E-state index in [9.17, 15) is 0 Å². The van der Waals surface area contributed by atoms with E-state index in [4.69, 9.17) is 18.8 Å². The van der Waals surface area contributed by atoms with Gasteiger partial charge >= 0.3 is 0 Å². The van der Waals surface area contributed by atoms with Gasteiger partial charge in [0.25, 0.3) is 0 Å². The molecule has 5 heteroatoms. The van der Waals surface area contributed by atoms with Crippen LogP contribution in [0.3, 0.4) is 0 Å². The molecule has 0 N–H and O–H groups in total. The Balaban J connectivity index is 1.20. The second kappa shape index (κ2) is 12.1. The van der Waals surface area contributed by atoms with Gasteiger partial charge in [-0.25, -0.2) is 9.97 Å². The van der Waals surface area contributed by atoms with E-state index >= 15 is 0 Å². The van der Waals surface area contributed by atoms with E-state index < -0.39 is 0 Å². The number of nitrogens with zero attached hydrogens (tertiary/aromatic N) is 3. The average Bonchev–Trinajstić information content (AvgIpc) is 3.87. The zero-order valence-corrected chi connectivity index (χ0v) is 30.1. The highest BCUT2D eigenvalue weighted by Gasteiger charge is 2.26. The largest absolute Gasteiger partial charge is 0.454 e. The Morgan fingerprint density at radius 1 is 0.509 bits per heavy atom. The van der Waals surface area contributed by atoms with E-state index in [1.807, 2.05) is 24.3 Å². The normalized spacial score (nSPS) is 12.1. The maximum atomic E-state index is 6.72. The summed E-state index contributed by atoms with van der Waals surface area (Å²) in [6.45, 7) is 9.15. The van der Waals surface area contributed by atoms with Crippen LogP contribution < -0.4 is 0 Å². The number of aromatic nitrogens is 3. The van der Waals surface area contributed by atoms with E-state index in [1.165, 1.54) is 39.1 Å². The van der Waals surface area contributed by atoms with Gasteiger partial charge in [-0.05, 0) is 93.7 Å². The minimum absolute atomic E-state index is 0.247. The van der Waals surface area contributed by atoms with Gasteiger partial charge in [-0.15, -0.1) is 0 Å². The zero-order chi connectivity index (χ0) is 35.8. The van der Waals surface area contributed by atoms with Gasteiger partial charge in [0.15, 0.2) is 5.58 Å². The van der Waals surface area contributed by atoms with Crippen LogP contribution in [0.4, 0.5) is 0 Å². The topological polar surface area (TPSA) is 57.0 Å². The summed E-state index contributed by atoms with van der Waals surface area (Å²) in [7, 11) is 0. The van der Waals surface area contributed by atoms with Crippen LogP contribution in [-0.2, 0) is 0 Å². The third-order valence-corrected chi connectivity index (χ3v) is 10.6. The number of benzene rings is 6. The first-order valence-corrected chi connectivity index (χ1v) is 18.4. The first-order valence-electron chi connectivity index (χ1n) is 18.4. The molecular formula is C48H37N3O2. The van der Waals surface area contributed by atoms with Crippen LogP contribution in [0.25, 0.3) is 94.5 Å². The van der Waals surface area contributed by atoms with Crippen LogP contribution in [0.1, 0.15) is 50.7 Å². The van der Waals surface area contributed by atoms with Crippen molar-refractivity contribution in [3.05, 3.63) is 151 Å². The predicted octanol–water partition coefficient (Wildman–Crippen LogP) is 13.5. The maximum absolute atomic E-state index is 6.72. The fraction of sp³-hybridized carbons (Fsp3) is 0.125. The molecule has 0 aliphatic heterocycles. The minimum atomic E-state index is 0.247. The SMILES string of the molecule is CC(C)c1cc(-c2ccc(-c3ccccc3)cc2)cc(C(C)C)c1-n1c(-c2cccc3c2oc2nc4c(cc23)oc2ccccc24)nc2ccccc21. The van der Waals surface area contributed by atoms with E-state index in [2.05, 4.69) is 148 Å². The molecule has 6 aromatic carbocycles. The van der Waals surface area contributed by atoms with Gasteiger partial charge in [-0.2, -0.15) is 0 Å². The number of hydrogen-bond donors (Lipinski definition) is 0. The van der Waals surface area contributed by atoms with E-state index in [1.54, 1.807) is 0 Å². The third-order valence-electron chi connectivity index (χ3n) is 10.6. The number of pyridine rings is 1. The lowest BCUT2D eigenvalue weighted by Crippen LogP contribution is -2.09. The fourth-order valence-electron chi connectivity index (χ4n) is 7.93. The number of furan rings is 2. The first-order chi connectivity index (χ1) is 25.9. The summed E-state index contributed by atoms with van der Waals surface area (Å²) in [5.41, 5.74) is 15.2. The number of fused-ring (bicyclic) bond motifs is 7. The summed E-state index contributed by atoms with van der Waals surface area (Å²) in [4.78, 5) is 10.4. The van der Waals surface area contributed by atoms with Crippen molar-refractivity contribution in [2.24, 2.45) is 0 Å². The Labute approximate surface area is 307 Å². The smallest absolute Gasteiger partial charge is 0.228 e. The molecule has 10 rings (SSSR count). The van der Waals surface area contributed by atoms with Crippen LogP contribution in [0.5, 0.6) is 0 Å². The predicted molar refractivity (Wildman–Crippen MR) is 218 cm³/mol. The second-order valence-electron chi connectivity index (χ2n) is 14.6. The van der Waals surface area contributed by atoms with Crippen molar-refractivity contribution in [1.82, 2.24) is 14.5 Å². The summed E-state index contributed by atoms with van der Waals surface area (Å²) in [6, 6.07) is 49.1. The zero-order valence-electron chi connectivity index (χ0n) is 30.1. The molecule has 0 atom stereocenters. The Hall–Kier alpha value is -6.46. The highest BCUT2D eigenvalue weighted by Crippen LogP contribution is 2.43. The molecule has 0 unspecified atom stereocenters. The Morgan fingerprint density at radius 2 is 1.15 bits per heavy atom. The molecule has 5 nitrogen and oxygen atoms in total. The monoisotopic (exact) mass is 687 g/mol. The molecule has 0 radical (unpaired) electrons. The minimum Gasteiger partial charge on any atom is -0.454 e. The van der Waals surface area contributed by atoms with Gasteiger partial charge in [-0.3, -0.25) is 4.57 Å². The lowest BCUT2D eigenvalue weighted by molar-refractivity contribution is 0.652. The van der Waals surface area contributed by atoms with Crippen molar-refractivity contribution >= 4 is 55.2 Å². The summed E-state index contributed by atoms with van der Waals surface area (Å²) < 4.78 is 15.3. The average molecular weight is 688 g/mol. The van der Waals surface area contributed by atoms with E-state index in [0.29, 0.717) is 5.71 Å². The van der Waals surface area contributed by atoms with Gasteiger partial charge in [0.1, 0.15) is 22.5 Å². The molecular weight excluding hydrogens is 651 g/mol. The number of para-hydroxylation sites is 4. The molecule has 0 saturated carbocycles. The van der Waals surface area contributed by atoms with Gasteiger partial charge in [0.05, 0.1) is 27.7 Å². The molecule has 0 spiro atoms. The molecule has 0 aliphatic rings. The number of imidazole rings is 1. The Morgan fingerprint density at radius 3 is 1.91 bits per heavy atom. The highest BCUT2D eigenvalue weighted by molar-refractivity contribution is 6.13. The highest BCUT2D eigenvalue weighted by atomic mass is 16.3. The summed E-state index contributed by atoms with van der Waals surface area (Å²) in [5.74, 6) is 1.33.